The Morgan fingerprint density at radius 2 is 2.00 bits per heavy atom. The number of nitrogens with one attached hydrogen (secondary N) is 2. The van der Waals surface area contributed by atoms with Crippen LogP contribution in [0.5, 0.6) is 0 Å². The molecule has 0 fully saturated rings. The van der Waals surface area contributed by atoms with Gasteiger partial charge in [0.25, 0.3) is 5.56 Å². The van der Waals surface area contributed by atoms with E-state index in [1.807, 2.05) is 31.2 Å². The summed E-state index contributed by atoms with van der Waals surface area (Å²) in [6.07, 6.45) is 5.85. The summed E-state index contributed by atoms with van der Waals surface area (Å²) in [5.41, 5.74) is 6.07. The fourth-order valence-corrected chi connectivity index (χ4v) is 4.57. The molecular weight excluding hydrogens is 352 g/mol. The van der Waals surface area contributed by atoms with Crippen LogP contribution >= 0.6 is 23.6 Å². The van der Waals surface area contributed by atoms with Gasteiger partial charge in [-0.05, 0) is 62.5 Å². The number of anilines is 1. The Hall–Kier alpha value is -2.25. The summed E-state index contributed by atoms with van der Waals surface area (Å²) in [5.74, 6) is 0. The molecule has 25 heavy (non-hydrogen) atoms. The van der Waals surface area contributed by atoms with Crippen LogP contribution in [0.3, 0.4) is 0 Å². The molecule has 0 unspecified atom stereocenters. The van der Waals surface area contributed by atoms with Gasteiger partial charge in [0.05, 0.1) is 5.39 Å². The Labute approximate surface area is 154 Å². The molecule has 128 valence electrons. The summed E-state index contributed by atoms with van der Waals surface area (Å²) in [6.45, 7) is 2.03. The number of thiocarbonyl (C=S) groups is 1. The molecule has 2 N–H and O–H groups in total. The minimum atomic E-state index is -0.0857. The first-order valence-electron chi connectivity index (χ1n) is 8.28. The van der Waals surface area contributed by atoms with Crippen molar-refractivity contribution in [3.05, 3.63) is 57.0 Å². The van der Waals surface area contributed by atoms with Crippen molar-refractivity contribution in [1.82, 2.24) is 9.66 Å². The van der Waals surface area contributed by atoms with Gasteiger partial charge in [0.2, 0.25) is 0 Å². The van der Waals surface area contributed by atoms with Crippen LogP contribution in [0.2, 0.25) is 0 Å². The monoisotopic (exact) mass is 370 g/mol. The number of hydrogen-bond donors (Lipinski definition) is 2. The van der Waals surface area contributed by atoms with Crippen LogP contribution in [-0.4, -0.2) is 14.8 Å². The van der Waals surface area contributed by atoms with Crippen LogP contribution in [0.4, 0.5) is 5.69 Å². The van der Waals surface area contributed by atoms with Crippen molar-refractivity contribution in [3.8, 4) is 0 Å². The minimum Gasteiger partial charge on any atom is -0.331 e. The maximum Gasteiger partial charge on any atom is 0.281 e. The largest absolute Gasteiger partial charge is 0.331 e. The van der Waals surface area contributed by atoms with E-state index in [9.17, 15) is 4.79 Å². The zero-order valence-corrected chi connectivity index (χ0v) is 15.5. The van der Waals surface area contributed by atoms with Crippen LogP contribution in [0.15, 0.2) is 35.4 Å². The number of aryl methyl sites for hydroxylation is 3. The SMILES string of the molecule is Cc1ccc(NC(=S)Nn2cnc3sc4c(c3c2=O)CCCC4)cc1. The van der Waals surface area contributed by atoms with E-state index in [0.717, 1.165) is 35.2 Å². The van der Waals surface area contributed by atoms with Crippen LogP contribution in [0.1, 0.15) is 28.8 Å². The summed E-state index contributed by atoms with van der Waals surface area (Å²) in [7, 11) is 0. The standard InChI is InChI=1S/C18H18N4OS2/c1-11-6-8-12(9-7-11)20-18(24)21-22-10-19-16-15(17(22)23)13-4-2-3-5-14(13)25-16/h6-10H,2-5H2,1H3,(H2,20,21,24). The van der Waals surface area contributed by atoms with Crippen molar-refractivity contribution < 1.29 is 0 Å². The molecule has 0 aliphatic heterocycles. The highest BCUT2D eigenvalue weighted by Gasteiger charge is 2.20. The second-order valence-corrected chi connectivity index (χ2v) is 7.73. The molecule has 0 saturated carbocycles. The highest BCUT2D eigenvalue weighted by molar-refractivity contribution is 7.80. The van der Waals surface area contributed by atoms with Gasteiger partial charge in [-0.25, -0.2) is 9.66 Å². The van der Waals surface area contributed by atoms with E-state index in [1.54, 1.807) is 11.3 Å². The second kappa shape index (κ2) is 6.57. The Bertz CT molecular complexity index is 1000. The van der Waals surface area contributed by atoms with Gasteiger partial charge in [-0.3, -0.25) is 10.2 Å². The number of benzene rings is 1. The van der Waals surface area contributed by atoms with E-state index >= 15 is 0 Å². The Kier molecular flexibility index (Phi) is 4.27. The van der Waals surface area contributed by atoms with E-state index in [2.05, 4.69) is 15.7 Å². The third kappa shape index (κ3) is 3.17. The number of aromatic nitrogens is 2. The van der Waals surface area contributed by atoms with Crippen LogP contribution in [0, 0.1) is 6.92 Å². The number of rotatable bonds is 2. The molecular formula is C18H18N4OS2. The molecule has 0 saturated heterocycles. The molecule has 3 aromatic rings. The van der Waals surface area contributed by atoms with Gasteiger partial charge in [-0.2, -0.15) is 0 Å². The molecule has 0 spiro atoms. The average Bonchev–Trinajstić information content (AvgIpc) is 2.99. The summed E-state index contributed by atoms with van der Waals surface area (Å²) in [6, 6.07) is 7.90. The zero-order valence-electron chi connectivity index (χ0n) is 13.8. The molecule has 0 amide bonds. The minimum absolute atomic E-state index is 0.0857. The van der Waals surface area contributed by atoms with Gasteiger partial charge in [0, 0.05) is 10.6 Å². The highest BCUT2D eigenvalue weighted by atomic mass is 32.1. The molecule has 2 aromatic heterocycles. The van der Waals surface area contributed by atoms with E-state index in [0.29, 0.717) is 5.11 Å². The summed E-state index contributed by atoms with van der Waals surface area (Å²) in [5, 5.41) is 4.19. The van der Waals surface area contributed by atoms with Gasteiger partial charge in [0.1, 0.15) is 11.2 Å². The molecule has 0 atom stereocenters. The van der Waals surface area contributed by atoms with Gasteiger partial charge in [0.15, 0.2) is 5.11 Å². The van der Waals surface area contributed by atoms with Crippen molar-refractivity contribution in [1.29, 1.82) is 0 Å². The van der Waals surface area contributed by atoms with Crippen molar-refractivity contribution in [3.63, 3.8) is 0 Å². The second-order valence-electron chi connectivity index (χ2n) is 6.24. The van der Waals surface area contributed by atoms with Crippen LogP contribution < -0.4 is 16.3 Å². The van der Waals surface area contributed by atoms with Gasteiger partial charge < -0.3 is 5.32 Å². The molecule has 4 rings (SSSR count). The molecule has 1 aliphatic carbocycles. The normalized spacial score (nSPS) is 13.5. The fourth-order valence-electron chi connectivity index (χ4n) is 3.13. The Balaban J connectivity index is 1.61. The van der Waals surface area contributed by atoms with Crippen molar-refractivity contribution in [2.75, 3.05) is 10.7 Å². The molecule has 0 bridgehead atoms. The van der Waals surface area contributed by atoms with E-state index in [-0.39, 0.29) is 5.56 Å². The lowest BCUT2D eigenvalue weighted by molar-refractivity contribution is 0.699. The van der Waals surface area contributed by atoms with E-state index in [1.165, 1.54) is 33.4 Å². The van der Waals surface area contributed by atoms with E-state index in [4.69, 9.17) is 12.2 Å². The lowest BCUT2D eigenvalue weighted by Gasteiger charge is -2.13. The first-order chi connectivity index (χ1) is 12.1. The Morgan fingerprint density at radius 3 is 2.80 bits per heavy atom. The number of thiophene rings is 1. The molecule has 2 heterocycles. The first kappa shape index (κ1) is 16.2. The van der Waals surface area contributed by atoms with Gasteiger partial charge >= 0.3 is 0 Å². The van der Waals surface area contributed by atoms with Crippen molar-refractivity contribution >= 4 is 44.6 Å². The summed E-state index contributed by atoms with van der Waals surface area (Å²) >= 11 is 6.97. The first-order valence-corrected chi connectivity index (χ1v) is 9.51. The third-order valence-electron chi connectivity index (χ3n) is 4.41. The Morgan fingerprint density at radius 1 is 1.24 bits per heavy atom. The predicted molar refractivity (Wildman–Crippen MR) is 107 cm³/mol. The smallest absolute Gasteiger partial charge is 0.281 e. The number of hydrogen-bond acceptors (Lipinski definition) is 4. The van der Waals surface area contributed by atoms with Crippen LogP contribution in [-0.2, 0) is 12.8 Å². The molecule has 1 aromatic carbocycles. The van der Waals surface area contributed by atoms with Gasteiger partial charge in [-0.1, -0.05) is 17.7 Å². The molecule has 5 nitrogen and oxygen atoms in total. The van der Waals surface area contributed by atoms with Gasteiger partial charge in [-0.15, -0.1) is 11.3 Å². The molecule has 7 heteroatoms. The van der Waals surface area contributed by atoms with Crippen molar-refractivity contribution in [2.24, 2.45) is 0 Å². The predicted octanol–water partition coefficient (Wildman–Crippen LogP) is 3.59. The lowest BCUT2D eigenvalue weighted by Crippen LogP contribution is -2.35. The van der Waals surface area contributed by atoms with Crippen LogP contribution in [0.25, 0.3) is 10.2 Å². The number of nitrogens with zero attached hydrogens (tertiary/aromatic N) is 2. The number of fused-ring (bicyclic) bond motifs is 3. The maximum absolute atomic E-state index is 12.9. The fraction of sp³-hybridized carbons (Fsp3) is 0.278. The summed E-state index contributed by atoms with van der Waals surface area (Å²) < 4.78 is 1.37. The zero-order chi connectivity index (χ0) is 17.4. The maximum atomic E-state index is 12.9. The average molecular weight is 371 g/mol. The molecule has 1 aliphatic rings. The lowest BCUT2D eigenvalue weighted by atomic mass is 9.97. The topological polar surface area (TPSA) is 58.9 Å². The molecule has 0 radical (unpaired) electrons. The highest BCUT2D eigenvalue weighted by Crippen LogP contribution is 2.33. The third-order valence-corrected chi connectivity index (χ3v) is 5.80. The quantitative estimate of drug-likeness (QED) is 0.675. The van der Waals surface area contributed by atoms with Crippen molar-refractivity contribution in [2.45, 2.75) is 32.6 Å². The summed E-state index contributed by atoms with van der Waals surface area (Å²) in [4.78, 5) is 19.5. The van der Waals surface area contributed by atoms with E-state index < -0.39 is 0 Å².